The number of nitro groups is 1. The molecular weight excluding hydrogens is 432 g/mol. The van der Waals surface area contributed by atoms with Crippen molar-refractivity contribution in [3.05, 3.63) is 116 Å². The minimum absolute atomic E-state index is 0.000820. The first-order valence-corrected chi connectivity index (χ1v) is 11.0. The second-order valence-electron chi connectivity index (χ2n) is 7.05. The zero-order valence-electron chi connectivity index (χ0n) is 16.8. The van der Waals surface area contributed by atoms with Crippen molar-refractivity contribution < 1.29 is 23.3 Å². The molecule has 4 rings (SSSR count). The van der Waals surface area contributed by atoms with Crippen molar-refractivity contribution in [1.82, 2.24) is 5.48 Å². The Morgan fingerprint density at radius 2 is 1.56 bits per heavy atom. The van der Waals surface area contributed by atoms with E-state index < -0.39 is 20.5 Å². The number of aryl methyl sites for hydroxylation is 1. The first-order valence-electron chi connectivity index (χ1n) is 9.50. The van der Waals surface area contributed by atoms with Crippen molar-refractivity contribution >= 4 is 27.0 Å². The molecule has 9 heteroatoms. The van der Waals surface area contributed by atoms with Crippen molar-refractivity contribution in [1.29, 1.82) is 0 Å². The van der Waals surface area contributed by atoms with E-state index in [9.17, 15) is 23.6 Å². The molecule has 0 fully saturated rings. The lowest BCUT2D eigenvalue weighted by molar-refractivity contribution is -0.384. The Balaban J connectivity index is 1.93. The van der Waals surface area contributed by atoms with Crippen LogP contribution in [0, 0.1) is 17.0 Å². The third kappa shape index (κ3) is 3.81. The van der Waals surface area contributed by atoms with Crippen LogP contribution in [0.25, 0.3) is 11.5 Å². The topological polar surface area (TPSA) is 122 Å². The molecule has 3 aromatic carbocycles. The van der Waals surface area contributed by atoms with E-state index in [1.807, 2.05) is 6.92 Å². The van der Waals surface area contributed by atoms with Crippen LogP contribution in [0.1, 0.15) is 16.7 Å². The largest absolute Gasteiger partial charge is 0.871 e. The Morgan fingerprint density at radius 3 is 2.16 bits per heavy atom. The SMILES string of the molecule is Cc1ccc(C2=C(S(=O)(=O)c3ccccc3)C(=C([O-])c3ccc([N+](=O)[O-])cc3)NO2)cc1. The summed E-state index contributed by atoms with van der Waals surface area (Å²) in [5.74, 6) is -0.671. The number of benzene rings is 3. The van der Waals surface area contributed by atoms with Crippen molar-refractivity contribution in [3.8, 4) is 0 Å². The van der Waals surface area contributed by atoms with Crippen LogP contribution in [0.4, 0.5) is 5.69 Å². The minimum Gasteiger partial charge on any atom is -0.871 e. The number of non-ortho nitro benzene ring substituents is 1. The van der Waals surface area contributed by atoms with E-state index in [1.54, 1.807) is 42.5 Å². The molecule has 0 aromatic heterocycles. The zero-order valence-corrected chi connectivity index (χ0v) is 17.6. The standard InChI is InChI=1S/C23H18N2O6S/c1-15-7-9-17(10-8-15)22-23(32(29,30)19-5-3-2-4-6-19)20(24-31-22)21(26)16-11-13-18(14-12-16)25(27)28/h2-14,24,26H,1H3/p-1. The predicted molar refractivity (Wildman–Crippen MR) is 116 cm³/mol. The van der Waals surface area contributed by atoms with E-state index in [0.29, 0.717) is 5.56 Å². The highest BCUT2D eigenvalue weighted by molar-refractivity contribution is 7.95. The van der Waals surface area contributed by atoms with Gasteiger partial charge in [-0.05, 0) is 36.8 Å². The van der Waals surface area contributed by atoms with Crippen LogP contribution in [-0.4, -0.2) is 13.3 Å². The minimum atomic E-state index is -4.14. The van der Waals surface area contributed by atoms with Gasteiger partial charge in [-0.15, -0.1) is 0 Å². The van der Waals surface area contributed by atoms with Crippen LogP contribution >= 0.6 is 0 Å². The molecule has 0 saturated carbocycles. The second-order valence-corrected chi connectivity index (χ2v) is 8.94. The van der Waals surface area contributed by atoms with Crippen LogP contribution in [0.5, 0.6) is 0 Å². The van der Waals surface area contributed by atoms with E-state index in [0.717, 1.165) is 5.56 Å². The van der Waals surface area contributed by atoms with Crippen LogP contribution in [0.2, 0.25) is 0 Å². The Labute approximate surface area is 184 Å². The highest BCUT2D eigenvalue weighted by atomic mass is 32.2. The molecule has 0 atom stereocenters. The zero-order chi connectivity index (χ0) is 22.9. The first kappa shape index (κ1) is 21.1. The Hall–Kier alpha value is -4.11. The number of nitrogens with one attached hydrogen (secondary N) is 1. The summed E-state index contributed by atoms with van der Waals surface area (Å²) in [6, 6.07) is 19.6. The van der Waals surface area contributed by atoms with Crippen molar-refractivity contribution in [2.24, 2.45) is 0 Å². The molecule has 162 valence electrons. The molecule has 1 heterocycles. The van der Waals surface area contributed by atoms with E-state index >= 15 is 0 Å². The van der Waals surface area contributed by atoms with Crippen LogP contribution in [0.15, 0.2) is 94.4 Å². The smallest absolute Gasteiger partial charge is 0.269 e. The Bertz CT molecular complexity index is 1340. The molecule has 1 aliphatic heterocycles. The molecule has 0 radical (unpaired) electrons. The summed E-state index contributed by atoms with van der Waals surface area (Å²) in [5, 5.41) is 24.1. The van der Waals surface area contributed by atoms with Gasteiger partial charge in [0.15, 0.2) is 5.76 Å². The number of nitrogens with zero attached hydrogens (tertiary/aromatic N) is 1. The lowest BCUT2D eigenvalue weighted by Gasteiger charge is -2.17. The normalized spacial score (nSPS) is 15.2. The maximum atomic E-state index is 13.5. The summed E-state index contributed by atoms with van der Waals surface area (Å²) < 4.78 is 27.1. The third-order valence-corrected chi connectivity index (χ3v) is 6.71. The fourth-order valence-electron chi connectivity index (χ4n) is 3.21. The highest BCUT2D eigenvalue weighted by Crippen LogP contribution is 2.38. The average molecular weight is 449 g/mol. The molecule has 0 bridgehead atoms. The number of nitro benzene ring substituents is 1. The van der Waals surface area contributed by atoms with Gasteiger partial charge in [-0.3, -0.25) is 10.1 Å². The maximum absolute atomic E-state index is 13.5. The monoisotopic (exact) mass is 449 g/mol. The summed E-state index contributed by atoms with van der Waals surface area (Å²) in [4.78, 5) is 15.5. The van der Waals surface area contributed by atoms with Gasteiger partial charge in [-0.25, -0.2) is 13.9 Å². The fourth-order valence-corrected chi connectivity index (χ4v) is 4.76. The van der Waals surface area contributed by atoms with Gasteiger partial charge in [0.1, 0.15) is 4.91 Å². The average Bonchev–Trinajstić information content (AvgIpc) is 3.26. The van der Waals surface area contributed by atoms with E-state index in [4.69, 9.17) is 4.84 Å². The Kier molecular flexibility index (Phi) is 5.41. The molecule has 0 spiro atoms. The third-order valence-electron chi connectivity index (χ3n) is 4.89. The molecule has 1 aliphatic rings. The molecule has 32 heavy (non-hydrogen) atoms. The van der Waals surface area contributed by atoms with E-state index in [-0.39, 0.29) is 32.5 Å². The fraction of sp³-hybridized carbons (Fsp3) is 0.0435. The number of rotatable bonds is 5. The van der Waals surface area contributed by atoms with Gasteiger partial charge in [0.25, 0.3) is 5.69 Å². The summed E-state index contributed by atoms with van der Waals surface area (Å²) in [6.45, 7) is 1.89. The van der Waals surface area contributed by atoms with Gasteiger partial charge in [0.2, 0.25) is 9.84 Å². The van der Waals surface area contributed by atoms with Gasteiger partial charge in [0.05, 0.1) is 15.5 Å². The van der Waals surface area contributed by atoms with E-state index in [2.05, 4.69) is 5.48 Å². The van der Waals surface area contributed by atoms with E-state index in [1.165, 1.54) is 36.4 Å². The molecule has 0 amide bonds. The lowest BCUT2D eigenvalue weighted by atomic mass is 10.1. The summed E-state index contributed by atoms with van der Waals surface area (Å²) in [5.41, 5.74) is 3.53. The summed E-state index contributed by atoms with van der Waals surface area (Å²) in [7, 11) is -4.14. The molecule has 8 nitrogen and oxygen atoms in total. The molecule has 3 aromatic rings. The summed E-state index contributed by atoms with van der Waals surface area (Å²) >= 11 is 0. The molecule has 1 N–H and O–H groups in total. The van der Waals surface area contributed by atoms with Crippen LogP contribution in [-0.2, 0) is 14.7 Å². The van der Waals surface area contributed by atoms with Crippen LogP contribution < -0.4 is 10.6 Å². The highest BCUT2D eigenvalue weighted by Gasteiger charge is 2.35. The van der Waals surface area contributed by atoms with Gasteiger partial charge in [-0.2, -0.15) is 0 Å². The number of hydrogen-bond acceptors (Lipinski definition) is 7. The van der Waals surface area contributed by atoms with Gasteiger partial charge < -0.3 is 9.94 Å². The number of hydrogen-bond donors (Lipinski definition) is 1. The molecule has 0 aliphatic carbocycles. The molecule has 0 unspecified atom stereocenters. The van der Waals surface area contributed by atoms with Gasteiger partial charge in [-0.1, -0.05) is 53.8 Å². The van der Waals surface area contributed by atoms with Crippen molar-refractivity contribution in [2.75, 3.05) is 0 Å². The molecule has 0 saturated heterocycles. The van der Waals surface area contributed by atoms with Gasteiger partial charge >= 0.3 is 0 Å². The molecular formula is C23H17N2O6S-. The predicted octanol–water partition coefficient (Wildman–Crippen LogP) is 3.31. The Morgan fingerprint density at radius 1 is 0.938 bits per heavy atom. The maximum Gasteiger partial charge on any atom is 0.269 e. The van der Waals surface area contributed by atoms with Crippen molar-refractivity contribution in [3.63, 3.8) is 0 Å². The lowest BCUT2D eigenvalue weighted by Crippen LogP contribution is -2.18. The summed E-state index contributed by atoms with van der Waals surface area (Å²) in [6.07, 6.45) is 0. The first-order chi connectivity index (χ1) is 15.3. The van der Waals surface area contributed by atoms with Crippen molar-refractivity contribution in [2.45, 2.75) is 11.8 Å². The number of sulfone groups is 1. The number of hydroxylamine groups is 1. The van der Waals surface area contributed by atoms with Crippen LogP contribution in [0.3, 0.4) is 0 Å². The second kappa shape index (κ2) is 8.20. The van der Waals surface area contributed by atoms with Gasteiger partial charge in [0, 0.05) is 17.7 Å². The quantitative estimate of drug-likeness (QED) is 0.360.